The molecule has 1 N–H and O–H groups in total. The second-order valence-electron chi connectivity index (χ2n) is 3.14. The fourth-order valence-electron chi connectivity index (χ4n) is 1.22. The van der Waals surface area contributed by atoms with Gasteiger partial charge in [0.25, 0.3) is 0 Å². The number of hydrogen-bond acceptors (Lipinski definition) is 4. The van der Waals surface area contributed by atoms with Crippen LogP contribution in [0.2, 0.25) is 0 Å². The van der Waals surface area contributed by atoms with Gasteiger partial charge in [-0.15, -0.1) is 11.3 Å². The van der Waals surface area contributed by atoms with Crippen LogP contribution in [-0.2, 0) is 18.0 Å². The Bertz CT molecular complexity index is 458. The highest BCUT2D eigenvalue weighted by atomic mass is 32.1. The smallest absolute Gasteiger partial charge is 0.345 e. The highest BCUT2D eigenvalue weighted by Crippen LogP contribution is 2.17. The molecule has 0 aliphatic heterocycles. The fraction of sp³-hybridized carbons (Fsp3) is 0.182. The SMILES string of the molecule is O=C(O)c1ccc(COCc2ccco2)s1. The first-order chi connectivity index (χ1) is 7.75. The Morgan fingerprint density at radius 1 is 1.38 bits per heavy atom. The maximum atomic E-state index is 10.6. The second-order valence-corrected chi connectivity index (χ2v) is 4.31. The lowest BCUT2D eigenvalue weighted by atomic mass is 10.4. The Labute approximate surface area is 96.1 Å². The van der Waals surface area contributed by atoms with E-state index in [0.29, 0.717) is 18.1 Å². The third-order valence-corrected chi connectivity index (χ3v) is 2.99. The van der Waals surface area contributed by atoms with Gasteiger partial charge in [0.1, 0.15) is 17.2 Å². The molecule has 84 valence electrons. The number of carbonyl (C=O) groups is 1. The van der Waals surface area contributed by atoms with Crippen molar-refractivity contribution in [2.24, 2.45) is 0 Å². The third-order valence-electron chi connectivity index (χ3n) is 1.94. The van der Waals surface area contributed by atoms with Gasteiger partial charge in [0.15, 0.2) is 0 Å². The van der Waals surface area contributed by atoms with Crippen LogP contribution in [0.5, 0.6) is 0 Å². The molecule has 4 nitrogen and oxygen atoms in total. The van der Waals surface area contributed by atoms with Crippen molar-refractivity contribution in [2.45, 2.75) is 13.2 Å². The predicted octanol–water partition coefficient (Wildman–Crippen LogP) is 2.76. The van der Waals surface area contributed by atoms with Crippen molar-refractivity contribution < 1.29 is 19.1 Å². The Kier molecular flexibility index (Phi) is 3.38. The lowest BCUT2D eigenvalue weighted by Crippen LogP contribution is -1.91. The molecule has 0 saturated carbocycles. The van der Waals surface area contributed by atoms with Gasteiger partial charge in [-0.3, -0.25) is 0 Å². The summed E-state index contributed by atoms with van der Waals surface area (Å²) in [6.07, 6.45) is 1.59. The quantitative estimate of drug-likeness (QED) is 0.870. The fourth-order valence-corrected chi connectivity index (χ4v) is 2.00. The molecule has 0 aliphatic rings. The van der Waals surface area contributed by atoms with E-state index in [1.54, 1.807) is 24.5 Å². The van der Waals surface area contributed by atoms with E-state index in [-0.39, 0.29) is 0 Å². The maximum Gasteiger partial charge on any atom is 0.345 e. The van der Waals surface area contributed by atoms with Gasteiger partial charge in [0.05, 0.1) is 12.9 Å². The zero-order valence-corrected chi connectivity index (χ0v) is 9.20. The number of hydrogen-bond donors (Lipinski definition) is 1. The highest BCUT2D eigenvalue weighted by Gasteiger charge is 2.06. The third kappa shape index (κ3) is 2.71. The molecule has 0 bridgehead atoms. The number of furan rings is 1. The van der Waals surface area contributed by atoms with E-state index in [4.69, 9.17) is 14.3 Å². The van der Waals surface area contributed by atoms with Crippen molar-refractivity contribution in [1.82, 2.24) is 0 Å². The molecular formula is C11H10O4S. The van der Waals surface area contributed by atoms with E-state index in [9.17, 15) is 4.79 Å². The largest absolute Gasteiger partial charge is 0.477 e. The van der Waals surface area contributed by atoms with Crippen LogP contribution in [0.1, 0.15) is 20.3 Å². The molecule has 0 aliphatic carbocycles. The van der Waals surface area contributed by atoms with Gasteiger partial charge in [0.2, 0.25) is 0 Å². The molecule has 5 heteroatoms. The van der Waals surface area contributed by atoms with Crippen molar-refractivity contribution in [3.8, 4) is 0 Å². The van der Waals surface area contributed by atoms with Crippen LogP contribution in [0.4, 0.5) is 0 Å². The topological polar surface area (TPSA) is 59.7 Å². The minimum atomic E-state index is -0.901. The highest BCUT2D eigenvalue weighted by molar-refractivity contribution is 7.13. The monoisotopic (exact) mass is 238 g/mol. The van der Waals surface area contributed by atoms with Crippen molar-refractivity contribution in [3.05, 3.63) is 46.0 Å². The number of ether oxygens (including phenoxy) is 1. The van der Waals surface area contributed by atoms with E-state index in [2.05, 4.69) is 0 Å². The van der Waals surface area contributed by atoms with Gasteiger partial charge in [-0.25, -0.2) is 4.79 Å². The summed E-state index contributed by atoms with van der Waals surface area (Å²) < 4.78 is 10.5. The van der Waals surface area contributed by atoms with Crippen LogP contribution >= 0.6 is 11.3 Å². The van der Waals surface area contributed by atoms with E-state index >= 15 is 0 Å². The van der Waals surface area contributed by atoms with E-state index in [0.717, 1.165) is 10.6 Å². The number of rotatable bonds is 5. The lowest BCUT2D eigenvalue weighted by Gasteiger charge is -1.98. The summed E-state index contributed by atoms with van der Waals surface area (Å²) in [4.78, 5) is 11.9. The maximum absolute atomic E-state index is 10.6. The molecule has 2 heterocycles. The van der Waals surface area contributed by atoms with E-state index in [1.807, 2.05) is 6.07 Å². The molecule has 0 atom stereocenters. The second kappa shape index (κ2) is 4.96. The summed E-state index contributed by atoms with van der Waals surface area (Å²) in [7, 11) is 0. The van der Waals surface area contributed by atoms with Crippen molar-refractivity contribution >= 4 is 17.3 Å². The summed E-state index contributed by atoms with van der Waals surface area (Å²) in [6.45, 7) is 0.798. The summed E-state index contributed by atoms with van der Waals surface area (Å²) in [6, 6.07) is 6.97. The zero-order chi connectivity index (χ0) is 11.4. The van der Waals surface area contributed by atoms with Crippen molar-refractivity contribution in [3.63, 3.8) is 0 Å². The van der Waals surface area contributed by atoms with E-state index in [1.165, 1.54) is 11.3 Å². The van der Waals surface area contributed by atoms with Crippen LogP contribution in [0.25, 0.3) is 0 Å². The minimum Gasteiger partial charge on any atom is -0.477 e. The number of aromatic carboxylic acids is 1. The van der Waals surface area contributed by atoms with Gasteiger partial charge >= 0.3 is 5.97 Å². The Balaban J connectivity index is 1.83. The molecular weight excluding hydrogens is 228 g/mol. The first-order valence-corrected chi connectivity index (χ1v) is 5.49. The van der Waals surface area contributed by atoms with Crippen LogP contribution in [0.15, 0.2) is 34.9 Å². The molecule has 16 heavy (non-hydrogen) atoms. The molecule has 0 spiro atoms. The predicted molar refractivity (Wildman–Crippen MR) is 58.5 cm³/mol. The molecule has 0 saturated heterocycles. The normalized spacial score (nSPS) is 10.5. The molecule has 2 aromatic heterocycles. The molecule has 0 unspecified atom stereocenters. The van der Waals surface area contributed by atoms with Gasteiger partial charge in [-0.1, -0.05) is 0 Å². The number of carboxylic acid groups (broad SMARTS) is 1. The molecule has 0 radical (unpaired) electrons. The first kappa shape index (κ1) is 10.9. The molecule has 0 amide bonds. The van der Waals surface area contributed by atoms with Crippen LogP contribution in [0, 0.1) is 0 Å². The zero-order valence-electron chi connectivity index (χ0n) is 8.38. The summed E-state index contributed by atoms with van der Waals surface area (Å²) in [5.74, 6) is -0.141. The number of carboxylic acids is 1. The lowest BCUT2D eigenvalue weighted by molar-refractivity contribution is 0.0702. The molecule has 0 aromatic carbocycles. The van der Waals surface area contributed by atoms with E-state index < -0.39 is 5.97 Å². The molecule has 2 rings (SSSR count). The summed E-state index contributed by atoms with van der Waals surface area (Å²) in [5.41, 5.74) is 0. The van der Waals surface area contributed by atoms with Crippen LogP contribution < -0.4 is 0 Å². The number of thiophene rings is 1. The first-order valence-electron chi connectivity index (χ1n) is 4.68. The van der Waals surface area contributed by atoms with Gasteiger partial charge in [-0.05, 0) is 24.3 Å². The Morgan fingerprint density at radius 2 is 2.25 bits per heavy atom. The average Bonchev–Trinajstić information content (AvgIpc) is 2.87. The standard InChI is InChI=1S/C11H10O4S/c12-11(13)10-4-3-9(16-10)7-14-6-8-2-1-5-15-8/h1-5H,6-7H2,(H,12,13). The average molecular weight is 238 g/mol. The summed E-state index contributed by atoms with van der Waals surface area (Å²) >= 11 is 1.22. The van der Waals surface area contributed by atoms with Gasteiger partial charge in [-0.2, -0.15) is 0 Å². The Hall–Kier alpha value is -1.59. The van der Waals surface area contributed by atoms with Gasteiger partial charge in [0, 0.05) is 4.88 Å². The molecule has 0 fully saturated rings. The Morgan fingerprint density at radius 3 is 2.88 bits per heavy atom. The van der Waals surface area contributed by atoms with Crippen molar-refractivity contribution in [1.29, 1.82) is 0 Å². The summed E-state index contributed by atoms with van der Waals surface area (Å²) in [5, 5.41) is 8.73. The molecule has 2 aromatic rings. The van der Waals surface area contributed by atoms with Crippen LogP contribution in [0.3, 0.4) is 0 Å². The van der Waals surface area contributed by atoms with Gasteiger partial charge < -0.3 is 14.3 Å². The van der Waals surface area contributed by atoms with Crippen LogP contribution in [-0.4, -0.2) is 11.1 Å². The minimum absolute atomic E-state index is 0.330. The van der Waals surface area contributed by atoms with Crippen molar-refractivity contribution in [2.75, 3.05) is 0 Å².